The van der Waals surface area contributed by atoms with Gasteiger partial charge >= 0.3 is 5.97 Å². The number of rotatable bonds is 2. The molecule has 16 heavy (non-hydrogen) atoms. The second-order valence-electron chi connectivity index (χ2n) is 5.93. The van der Waals surface area contributed by atoms with Crippen molar-refractivity contribution in [1.82, 2.24) is 10.2 Å². The Labute approximate surface area is 98.3 Å². The molecule has 0 radical (unpaired) electrons. The van der Waals surface area contributed by atoms with E-state index in [1.807, 2.05) is 0 Å². The van der Waals surface area contributed by atoms with E-state index in [9.17, 15) is 4.79 Å². The molecule has 1 fully saturated rings. The summed E-state index contributed by atoms with van der Waals surface area (Å²) in [6, 6.07) is 0. The van der Waals surface area contributed by atoms with Crippen LogP contribution in [0.2, 0.25) is 0 Å². The van der Waals surface area contributed by atoms with Crippen LogP contribution in [0.4, 0.5) is 0 Å². The van der Waals surface area contributed by atoms with Crippen molar-refractivity contribution >= 4 is 5.97 Å². The maximum absolute atomic E-state index is 11.3. The van der Waals surface area contributed by atoms with Crippen LogP contribution in [0.25, 0.3) is 0 Å². The molecule has 1 saturated heterocycles. The van der Waals surface area contributed by atoms with Crippen LogP contribution in [-0.2, 0) is 9.53 Å². The molecule has 4 nitrogen and oxygen atoms in total. The van der Waals surface area contributed by atoms with Crippen molar-refractivity contribution in [2.75, 3.05) is 26.7 Å². The smallest absolute Gasteiger partial charge is 0.319 e. The van der Waals surface area contributed by atoms with Crippen molar-refractivity contribution in [2.45, 2.75) is 45.2 Å². The molecule has 1 heterocycles. The highest BCUT2D eigenvalue weighted by Crippen LogP contribution is 2.20. The van der Waals surface area contributed by atoms with Crippen LogP contribution in [0.15, 0.2) is 0 Å². The zero-order chi connectivity index (χ0) is 12.4. The highest BCUT2D eigenvalue weighted by atomic mass is 16.5. The minimum absolute atomic E-state index is 0.0218. The van der Waals surface area contributed by atoms with Gasteiger partial charge in [-0.1, -0.05) is 0 Å². The molecule has 1 N–H and O–H groups in total. The Balaban J connectivity index is 2.66. The lowest BCUT2D eigenvalue weighted by molar-refractivity contribution is -0.142. The Morgan fingerprint density at radius 3 is 2.50 bits per heavy atom. The van der Waals surface area contributed by atoms with Crippen molar-refractivity contribution < 1.29 is 9.53 Å². The summed E-state index contributed by atoms with van der Waals surface area (Å²) >= 11 is 0. The van der Waals surface area contributed by atoms with Gasteiger partial charge in [0.15, 0.2) is 0 Å². The molecule has 94 valence electrons. The van der Waals surface area contributed by atoms with E-state index in [-0.39, 0.29) is 17.0 Å². The average molecular weight is 228 g/mol. The second kappa shape index (κ2) is 4.72. The van der Waals surface area contributed by atoms with E-state index in [2.05, 4.69) is 37.9 Å². The lowest BCUT2D eigenvalue weighted by atomic mass is 9.96. The normalized spacial score (nSPS) is 24.8. The van der Waals surface area contributed by atoms with Gasteiger partial charge in [0.05, 0.1) is 13.7 Å². The fourth-order valence-corrected chi connectivity index (χ4v) is 2.48. The Hall–Kier alpha value is -0.610. The molecule has 0 atom stereocenters. The van der Waals surface area contributed by atoms with Gasteiger partial charge in [-0.3, -0.25) is 9.69 Å². The summed E-state index contributed by atoms with van der Waals surface area (Å²) in [7, 11) is 1.44. The molecule has 0 unspecified atom stereocenters. The molecule has 0 aromatic carbocycles. The number of methoxy groups -OCH3 is 1. The van der Waals surface area contributed by atoms with Crippen LogP contribution in [0, 0.1) is 0 Å². The molecule has 0 amide bonds. The molecule has 1 aliphatic rings. The maximum atomic E-state index is 11.3. The number of hydrogen-bond acceptors (Lipinski definition) is 4. The van der Waals surface area contributed by atoms with Gasteiger partial charge in [0.2, 0.25) is 0 Å². The van der Waals surface area contributed by atoms with Gasteiger partial charge in [-0.05, 0) is 34.1 Å². The van der Waals surface area contributed by atoms with Crippen LogP contribution >= 0.6 is 0 Å². The molecule has 0 aromatic heterocycles. The van der Waals surface area contributed by atoms with Crippen LogP contribution in [0.5, 0.6) is 0 Å². The van der Waals surface area contributed by atoms with E-state index >= 15 is 0 Å². The summed E-state index contributed by atoms with van der Waals surface area (Å²) in [5, 5.41) is 3.62. The Morgan fingerprint density at radius 1 is 1.31 bits per heavy atom. The Kier molecular flexibility index (Phi) is 3.97. The predicted molar refractivity (Wildman–Crippen MR) is 64.4 cm³/mol. The standard InChI is InChI=1S/C12H24N2O2/c1-11(2)6-7-14(8-10(15)16-5)9-12(3,4)13-11/h13H,6-9H2,1-5H3. The molecule has 0 spiro atoms. The molecular weight excluding hydrogens is 204 g/mol. The molecule has 0 bridgehead atoms. The lowest BCUT2D eigenvalue weighted by Crippen LogP contribution is -2.53. The van der Waals surface area contributed by atoms with Crippen molar-refractivity contribution in [3.63, 3.8) is 0 Å². The van der Waals surface area contributed by atoms with Crippen LogP contribution in [0.1, 0.15) is 34.1 Å². The first-order valence-corrected chi connectivity index (χ1v) is 5.83. The first kappa shape index (κ1) is 13.5. The zero-order valence-corrected chi connectivity index (χ0v) is 11.1. The Bertz CT molecular complexity index is 262. The van der Waals surface area contributed by atoms with Gasteiger partial charge in [0, 0.05) is 24.2 Å². The molecule has 0 saturated carbocycles. The highest BCUT2D eigenvalue weighted by molar-refractivity contribution is 5.71. The molecule has 1 aliphatic heterocycles. The zero-order valence-electron chi connectivity index (χ0n) is 11.1. The highest BCUT2D eigenvalue weighted by Gasteiger charge is 2.33. The summed E-state index contributed by atoms with van der Waals surface area (Å²) in [6.45, 7) is 10.9. The quantitative estimate of drug-likeness (QED) is 0.716. The van der Waals surface area contributed by atoms with E-state index in [0.29, 0.717) is 6.54 Å². The van der Waals surface area contributed by atoms with E-state index < -0.39 is 0 Å². The van der Waals surface area contributed by atoms with Crippen LogP contribution < -0.4 is 5.32 Å². The van der Waals surface area contributed by atoms with E-state index in [4.69, 9.17) is 4.74 Å². The van der Waals surface area contributed by atoms with Crippen molar-refractivity contribution in [2.24, 2.45) is 0 Å². The van der Waals surface area contributed by atoms with Gasteiger partial charge in [-0.25, -0.2) is 0 Å². The number of esters is 1. The fourth-order valence-electron chi connectivity index (χ4n) is 2.48. The SMILES string of the molecule is COC(=O)CN1CCC(C)(C)NC(C)(C)C1. The van der Waals surface area contributed by atoms with Crippen molar-refractivity contribution in [3.05, 3.63) is 0 Å². The molecule has 1 rings (SSSR count). The van der Waals surface area contributed by atoms with Crippen molar-refractivity contribution in [1.29, 1.82) is 0 Å². The number of nitrogens with one attached hydrogen (secondary N) is 1. The predicted octanol–water partition coefficient (Wildman–Crippen LogP) is 1.01. The van der Waals surface area contributed by atoms with Crippen LogP contribution in [0.3, 0.4) is 0 Å². The molecule has 0 aromatic rings. The van der Waals surface area contributed by atoms with Gasteiger partial charge in [0.25, 0.3) is 0 Å². The second-order valence-corrected chi connectivity index (χ2v) is 5.93. The number of nitrogens with zero attached hydrogens (tertiary/aromatic N) is 1. The third-order valence-corrected chi connectivity index (χ3v) is 2.93. The fraction of sp³-hybridized carbons (Fsp3) is 0.917. The number of ether oxygens (including phenoxy) is 1. The number of carbonyl (C=O) groups is 1. The summed E-state index contributed by atoms with van der Waals surface area (Å²) < 4.78 is 4.71. The van der Waals surface area contributed by atoms with Crippen LogP contribution in [-0.4, -0.2) is 48.7 Å². The molecular formula is C12H24N2O2. The monoisotopic (exact) mass is 228 g/mol. The lowest BCUT2D eigenvalue weighted by Gasteiger charge is -2.34. The minimum atomic E-state index is -0.157. The number of hydrogen-bond donors (Lipinski definition) is 1. The van der Waals surface area contributed by atoms with E-state index in [0.717, 1.165) is 19.5 Å². The minimum Gasteiger partial charge on any atom is -0.468 e. The first-order chi connectivity index (χ1) is 7.24. The first-order valence-electron chi connectivity index (χ1n) is 5.83. The summed E-state index contributed by atoms with van der Waals surface area (Å²) in [5.74, 6) is -0.157. The van der Waals surface area contributed by atoms with Gasteiger partial charge in [0.1, 0.15) is 0 Å². The molecule has 0 aliphatic carbocycles. The summed E-state index contributed by atoms with van der Waals surface area (Å²) in [5.41, 5.74) is 0.141. The van der Waals surface area contributed by atoms with E-state index in [1.54, 1.807) is 0 Å². The third kappa shape index (κ3) is 4.10. The van der Waals surface area contributed by atoms with Gasteiger partial charge in [-0.2, -0.15) is 0 Å². The average Bonchev–Trinajstić information content (AvgIpc) is 2.20. The summed E-state index contributed by atoms with van der Waals surface area (Å²) in [4.78, 5) is 13.4. The van der Waals surface area contributed by atoms with Gasteiger partial charge < -0.3 is 10.1 Å². The van der Waals surface area contributed by atoms with E-state index in [1.165, 1.54) is 7.11 Å². The number of carbonyl (C=O) groups excluding carboxylic acids is 1. The summed E-state index contributed by atoms with van der Waals surface area (Å²) in [6.07, 6.45) is 1.04. The molecule has 4 heteroatoms. The maximum Gasteiger partial charge on any atom is 0.319 e. The van der Waals surface area contributed by atoms with Crippen molar-refractivity contribution in [3.8, 4) is 0 Å². The largest absolute Gasteiger partial charge is 0.468 e. The third-order valence-electron chi connectivity index (χ3n) is 2.93. The van der Waals surface area contributed by atoms with Gasteiger partial charge in [-0.15, -0.1) is 0 Å². The Morgan fingerprint density at radius 2 is 1.94 bits per heavy atom. The topological polar surface area (TPSA) is 41.6 Å².